The van der Waals surface area contributed by atoms with Crippen molar-refractivity contribution in [3.8, 4) is 5.75 Å². The van der Waals surface area contributed by atoms with Crippen LogP contribution in [0.1, 0.15) is 29.2 Å². The summed E-state index contributed by atoms with van der Waals surface area (Å²) in [5.41, 5.74) is 2.87. The van der Waals surface area contributed by atoms with Crippen LogP contribution in [0.2, 0.25) is 0 Å². The molecule has 0 saturated carbocycles. The molecule has 4 nitrogen and oxygen atoms in total. The molecule has 2 aromatic carbocycles. The first-order valence-corrected chi connectivity index (χ1v) is 7.47. The number of phenolic OH excluding ortho intramolecular Hbond substituents is 1. The predicted octanol–water partition coefficient (Wildman–Crippen LogP) is 2.10. The van der Waals surface area contributed by atoms with Crippen molar-refractivity contribution < 1.29 is 15.0 Å². The van der Waals surface area contributed by atoms with Gasteiger partial charge in [0.15, 0.2) is 6.10 Å². The summed E-state index contributed by atoms with van der Waals surface area (Å²) in [6.07, 6.45) is 1.23. The van der Waals surface area contributed by atoms with E-state index in [4.69, 9.17) is 0 Å². The van der Waals surface area contributed by atoms with E-state index in [1.54, 1.807) is 36.4 Å². The Morgan fingerprint density at radius 2 is 1.91 bits per heavy atom. The Morgan fingerprint density at radius 3 is 2.68 bits per heavy atom. The summed E-state index contributed by atoms with van der Waals surface area (Å²) in [6, 6.07) is 14.3. The van der Waals surface area contributed by atoms with E-state index in [0.29, 0.717) is 12.0 Å². The Hall–Kier alpha value is -2.33. The van der Waals surface area contributed by atoms with Crippen molar-refractivity contribution in [2.75, 3.05) is 0 Å². The molecule has 0 aliphatic heterocycles. The first kappa shape index (κ1) is 14.6. The maximum Gasteiger partial charge on any atom is 0.253 e. The van der Waals surface area contributed by atoms with Gasteiger partial charge >= 0.3 is 0 Å². The zero-order valence-corrected chi connectivity index (χ0v) is 12.2. The second-order valence-electron chi connectivity index (χ2n) is 5.71. The molecule has 4 heteroatoms. The van der Waals surface area contributed by atoms with Crippen molar-refractivity contribution in [2.24, 2.45) is 0 Å². The lowest BCUT2D eigenvalue weighted by Gasteiger charge is -2.26. The molecule has 1 aliphatic rings. The van der Waals surface area contributed by atoms with E-state index in [-0.39, 0.29) is 17.7 Å². The van der Waals surface area contributed by atoms with Crippen molar-refractivity contribution >= 4 is 5.91 Å². The van der Waals surface area contributed by atoms with E-state index < -0.39 is 6.10 Å². The van der Waals surface area contributed by atoms with Crippen LogP contribution in [0.4, 0.5) is 0 Å². The van der Waals surface area contributed by atoms with E-state index in [0.717, 1.165) is 18.4 Å². The Morgan fingerprint density at radius 1 is 1.14 bits per heavy atom. The van der Waals surface area contributed by atoms with Gasteiger partial charge in [-0.15, -0.1) is 0 Å². The molecule has 3 rings (SSSR count). The van der Waals surface area contributed by atoms with Gasteiger partial charge in [-0.05, 0) is 48.1 Å². The number of aryl methyl sites for hydroxylation is 1. The zero-order chi connectivity index (χ0) is 15.5. The van der Waals surface area contributed by atoms with E-state index in [1.165, 1.54) is 5.56 Å². The molecule has 0 spiro atoms. The molecular formula is C18H19NO3. The largest absolute Gasteiger partial charge is 0.508 e. The fraction of sp³-hybridized carbons (Fsp3) is 0.278. The lowest BCUT2D eigenvalue weighted by molar-refractivity contribution is -0.130. The first-order valence-electron chi connectivity index (χ1n) is 7.47. The lowest BCUT2D eigenvalue weighted by atomic mass is 9.88. The van der Waals surface area contributed by atoms with Crippen molar-refractivity contribution in [1.29, 1.82) is 0 Å². The number of carbonyl (C=O) groups is 1. The van der Waals surface area contributed by atoms with Crippen LogP contribution >= 0.6 is 0 Å². The van der Waals surface area contributed by atoms with Crippen molar-refractivity contribution in [3.63, 3.8) is 0 Å². The standard InChI is InChI=1S/C18H19NO3/c20-16-9-7-12-6-8-15(10-14(12)11-16)19-18(22)17(21)13-4-2-1-3-5-13/h1-5,7,9,11,15,17,20-21H,6,8,10H2,(H,19,22)/t15-,17-/m1/s1. The molecule has 0 heterocycles. The van der Waals surface area contributed by atoms with Gasteiger partial charge in [-0.25, -0.2) is 0 Å². The molecule has 22 heavy (non-hydrogen) atoms. The Kier molecular flexibility index (Phi) is 4.11. The number of hydrogen-bond acceptors (Lipinski definition) is 3. The van der Waals surface area contributed by atoms with Crippen LogP contribution in [0.25, 0.3) is 0 Å². The second-order valence-corrected chi connectivity index (χ2v) is 5.71. The summed E-state index contributed by atoms with van der Waals surface area (Å²) in [5, 5.41) is 22.6. The van der Waals surface area contributed by atoms with Crippen LogP contribution in [0, 0.1) is 0 Å². The van der Waals surface area contributed by atoms with Crippen LogP contribution < -0.4 is 5.32 Å². The van der Waals surface area contributed by atoms with Gasteiger partial charge < -0.3 is 15.5 Å². The van der Waals surface area contributed by atoms with Gasteiger partial charge in [0.2, 0.25) is 0 Å². The molecule has 0 unspecified atom stereocenters. The molecule has 3 N–H and O–H groups in total. The smallest absolute Gasteiger partial charge is 0.253 e. The fourth-order valence-electron chi connectivity index (χ4n) is 2.93. The molecule has 1 aliphatic carbocycles. The van der Waals surface area contributed by atoms with E-state index in [1.807, 2.05) is 12.1 Å². The van der Waals surface area contributed by atoms with Crippen LogP contribution in [-0.2, 0) is 17.6 Å². The number of benzene rings is 2. The number of carbonyl (C=O) groups excluding carboxylic acids is 1. The average Bonchev–Trinajstić information content (AvgIpc) is 2.54. The molecular weight excluding hydrogens is 278 g/mol. The number of rotatable bonds is 3. The van der Waals surface area contributed by atoms with Gasteiger partial charge in [-0.3, -0.25) is 4.79 Å². The maximum atomic E-state index is 12.2. The fourth-order valence-corrected chi connectivity index (χ4v) is 2.93. The first-order chi connectivity index (χ1) is 10.6. The van der Waals surface area contributed by atoms with Crippen LogP contribution in [0.3, 0.4) is 0 Å². The third kappa shape index (κ3) is 3.12. The highest BCUT2D eigenvalue weighted by molar-refractivity contribution is 5.82. The summed E-state index contributed by atoms with van der Waals surface area (Å²) in [6.45, 7) is 0. The molecule has 1 amide bonds. The van der Waals surface area contributed by atoms with Crippen LogP contribution in [0.15, 0.2) is 48.5 Å². The van der Waals surface area contributed by atoms with Crippen LogP contribution in [0.5, 0.6) is 5.75 Å². The predicted molar refractivity (Wildman–Crippen MR) is 83.5 cm³/mol. The van der Waals surface area contributed by atoms with Gasteiger partial charge in [0.05, 0.1) is 0 Å². The molecule has 0 bridgehead atoms. The number of aromatic hydroxyl groups is 1. The highest BCUT2D eigenvalue weighted by atomic mass is 16.3. The van der Waals surface area contributed by atoms with Crippen molar-refractivity contribution in [3.05, 3.63) is 65.2 Å². The minimum atomic E-state index is -1.15. The number of amides is 1. The minimum Gasteiger partial charge on any atom is -0.508 e. The topological polar surface area (TPSA) is 69.6 Å². The highest BCUT2D eigenvalue weighted by Crippen LogP contribution is 2.25. The van der Waals surface area contributed by atoms with E-state index in [9.17, 15) is 15.0 Å². The zero-order valence-electron chi connectivity index (χ0n) is 12.2. The third-order valence-corrected chi connectivity index (χ3v) is 4.13. The SMILES string of the molecule is O=C(N[C@@H]1CCc2ccc(O)cc2C1)[C@H](O)c1ccccc1. The molecule has 0 fully saturated rings. The summed E-state index contributed by atoms with van der Waals surface area (Å²) in [4.78, 5) is 12.2. The molecule has 0 saturated heterocycles. The Labute approximate surface area is 129 Å². The van der Waals surface area contributed by atoms with Gasteiger partial charge in [-0.2, -0.15) is 0 Å². The molecule has 114 valence electrons. The monoisotopic (exact) mass is 297 g/mol. The molecule has 0 radical (unpaired) electrons. The summed E-state index contributed by atoms with van der Waals surface area (Å²) >= 11 is 0. The summed E-state index contributed by atoms with van der Waals surface area (Å²) < 4.78 is 0. The summed E-state index contributed by atoms with van der Waals surface area (Å²) in [5.74, 6) is -0.130. The quantitative estimate of drug-likeness (QED) is 0.812. The van der Waals surface area contributed by atoms with Crippen molar-refractivity contribution in [1.82, 2.24) is 5.32 Å². The van der Waals surface area contributed by atoms with E-state index in [2.05, 4.69) is 5.32 Å². The number of aliphatic hydroxyl groups is 1. The van der Waals surface area contributed by atoms with Crippen LogP contribution in [-0.4, -0.2) is 22.2 Å². The van der Waals surface area contributed by atoms with Gasteiger partial charge in [0, 0.05) is 6.04 Å². The highest BCUT2D eigenvalue weighted by Gasteiger charge is 2.24. The molecule has 2 atom stereocenters. The van der Waals surface area contributed by atoms with Gasteiger partial charge in [0.25, 0.3) is 5.91 Å². The Balaban J connectivity index is 1.66. The normalized spacial score (nSPS) is 18.3. The Bertz CT molecular complexity index is 669. The number of fused-ring (bicyclic) bond motifs is 1. The number of nitrogens with one attached hydrogen (secondary N) is 1. The second kappa shape index (κ2) is 6.20. The number of aliphatic hydroxyl groups excluding tert-OH is 1. The lowest BCUT2D eigenvalue weighted by Crippen LogP contribution is -2.41. The minimum absolute atomic E-state index is 0.0137. The number of hydrogen-bond donors (Lipinski definition) is 3. The van der Waals surface area contributed by atoms with Gasteiger partial charge in [0.1, 0.15) is 5.75 Å². The van der Waals surface area contributed by atoms with Crippen molar-refractivity contribution in [2.45, 2.75) is 31.4 Å². The third-order valence-electron chi connectivity index (χ3n) is 4.13. The molecule has 0 aromatic heterocycles. The summed E-state index contributed by atoms with van der Waals surface area (Å²) in [7, 11) is 0. The molecule has 2 aromatic rings. The average molecular weight is 297 g/mol. The van der Waals surface area contributed by atoms with E-state index >= 15 is 0 Å². The maximum absolute atomic E-state index is 12.2. The van der Waals surface area contributed by atoms with Gasteiger partial charge in [-0.1, -0.05) is 36.4 Å². The number of phenols is 1.